The second-order valence-corrected chi connectivity index (χ2v) is 7.08. The van der Waals surface area contributed by atoms with E-state index < -0.39 is 5.91 Å². The summed E-state index contributed by atoms with van der Waals surface area (Å²) in [5.74, 6) is 0.885. The van der Waals surface area contributed by atoms with E-state index >= 15 is 0 Å². The van der Waals surface area contributed by atoms with E-state index in [4.69, 9.17) is 9.62 Å². The van der Waals surface area contributed by atoms with Crippen LogP contribution in [-0.4, -0.2) is 22.6 Å². The van der Waals surface area contributed by atoms with Gasteiger partial charge in [-0.3, -0.25) is 14.9 Å². The molecule has 5 nitrogen and oxygen atoms in total. The largest absolute Gasteiger partial charge is 0.460 e. The van der Waals surface area contributed by atoms with Crippen molar-refractivity contribution < 1.29 is 14.4 Å². The van der Waals surface area contributed by atoms with Gasteiger partial charge in [0.05, 0.1) is 6.54 Å². The Hall–Kier alpha value is -2.37. The highest BCUT2D eigenvalue weighted by Gasteiger charge is 2.10. The zero-order valence-corrected chi connectivity index (χ0v) is 16.8. The summed E-state index contributed by atoms with van der Waals surface area (Å²) in [6, 6.07) is 14.3. The van der Waals surface area contributed by atoms with Crippen LogP contribution in [0.1, 0.15) is 62.5 Å². The molecule has 0 aliphatic carbocycles. The summed E-state index contributed by atoms with van der Waals surface area (Å²) in [4.78, 5) is 13.5. The Balaban J connectivity index is 1.91. The molecule has 1 aromatic carbocycles. The summed E-state index contributed by atoms with van der Waals surface area (Å²) in [6.45, 7) is 4.88. The van der Waals surface area contributed by atoms with Gasteiger partial charge in [-0.05, 0) is 36.7 Å². The van der Waals surface area contributed by atoms with Crippen LogP contribution in [0, 0.1) is 0 Å². The van der Waals surface area contributed by atoms with Crippen molar-refractivity contribution in [3.05, 3.63) is 65.6 Å². The molecule has 0 unspecified atom stereocenters. The van der Waals surface area contributed by atoms with E-state index in [0.717, 1.165) is 25.4 Å². The predicted molar refractivity (Wildman–Crippen MR) is 112 cm³/mol. The number of hydrogen-bond donors (Lipinski definition) is 2. The van der Waals surface area contributed by atoms with Gasteiger partial charge in [-0.25, -0.2) is 5.48 Å². The number of carbonyl (C=O) groups excluding carboxylic acids is 1. The highest BCUT2D eigenvalue weighted by Crippen LogP contribution is 2.16. The van der Waals surface area contributed by atoms with E-state index in [1.54, 1.807) is 11.6 Å². The third-order valence-corrected chi connectivity index (χ3v) is 4.65. The fourth-order valence-electron chi connectivity index (χ4n) is 3.16. The van der Waals surface area contributed by atoms with E-state index in [2.05, 4.69) is 36.1 Å². The van der Waals surface area contributed by atoms with Crippen molar-refractivity contribution in [2.75, 3.05) is 6.54 Å². The smallest absolute Gasteiger partial charge is 0.267 e. The quantitative estimate of drug-likeness (QED) is 0.217. The van der Waals surface area contributed by atoms with Gasteiger partial charge in [0, 0.05) is 12.6 Å². The van der Waals surface area contributed by atoms with Gasteiger partial charge in [0.1, 0.15) is 11.5 Å². The molecule has 0 aliphatic rings. The Morgan fingerprint density at radius 2 is 1.79 bits per heavy atom. The molecule has 0 saturated heterocycles. The maximum absolute atomic E-state index is 11.1. The van der Waals surface area contributed by atoms with Crippen LogP contribution in [0.3, 0.4) is 0 Å². The molecule has 0 fully saturated rings. The number of nitrogens with one attached hydrogen (secondary N) is 1. The molecule has 28 heavy (non-hydrogen) atoms. The maximum atomic E-state index is 11.1. The molecular weight excluding hydrogens is 352 g/mol. The number of carbonyl (C=O) groups is 1. The molecule has 5 heteroatoms. The standard InChI is InChI=1S/C23H32N2O3/c1-2-3-4-5-6-10-17-25(18-20-11-8-7-9-12-20)19-22-14-13-21(28-22)15-16-23(26)24-27/h7-9,11-16,27H,2-6,10,17-19H2,1H3,(H,24,26)/b16-15+. The van der Waals surface area contributed by atoms with Crippen LogP contribution in [0.4, 0.5) is 0 Å². The van der Waals surface area contributed by atoms with Gasteiger partial charge in [0.15, 0.2) is 0 Å². The van der Waals surface area contributed by atoms with Gasteiger partial charge in [0.25, 0.3) is 5.91 Å². The van der Waals surface area contributed by atoms with Crippen LogP contribution >= 0.6 is 0 Å². The summed E-state index contributed by atoms with van der Waals surface area (Å²) < 4.78 is 5.82. The number of hydrogen-bond acceptors (Lipinski definition) is 4. The third-order valence-electron chi connectivity index (χ3n) is 4.65. The highest BCUT2D eigenvalue weighted by atomic mass is 16.5. The minimum Gasteiger partial charge on any atom is -0.460 e. The van der Waals surface area contributed by atoms with Crippen molar-refractivity contribution in [3.63, 3.8) is 0 Å². The van der Waals surface area contributed by atoms with Gasteiger partial charge in [-0.2, -0.15) is 0 Å². The van der Waals surface area contributed by atoms with Crippen LogP contribution in [0.25, 0.3) is 6.08 Å². The lowest BCUT2D eigenvalue weighted by molar-refractivity contribution is -0.124. The van der Waals surface area contributed by atoms with Gasteiger partial charge in [0.2, 0.25) is 0 Å². The zero-order valence-electron chi connectivity index (χ0n) is 16.8. The van der Waals surface area contributed by atoms with Crippen LogP contribution in [0.15, 0.2) is 53.0 Å². The van der Waals surface area contributed by atoms with Crippen molar-refractivity contribution in [1.82, 2.24) is 10.4 Å². The number of nitrogens with zero attached hydrogens (tertiary/aromatic N) is 1. The molecule has 0 saturated carbocycles. The molecule has 0 bridgehead atoms. The van der Waals surface area contributed by atoms with Crippen molar-refractivity contribution in [3.8, 4) is 0 Å². The summed E-state index contributed by atoms with van der Waals surface area (Å²) in [5, 5.41) is 8.54. The average Bonchev–Trinajstić information content (AvgIpc) is 3.16. The summed E-state index contributed by atoms with van der Waals surface area (Å²) in [7, 11) is 0. The van der Waals surface area contributed by atoms with Crippen LogP contribution in [0.5, 0.6) is 0 Å². The molecule has 0 radical (unpaired) electrons. The van der Waals surface area contributed by atoms with Crippen LogP contribution < -0.4 is 5.48 Å². The lowest BCUT2D eigenvalue weighted by Crippen LogP contribution is -2.23. The number of rotatable bonds is 13. The number of amides is 1. The SMILES string of the molecule is CCCCCCCCN(Cc1ccccc1)Cc1ccc(/C=C/C(=O)NO)o1. The second-order valence-electron chi connectivity index (χ2n) is 7.08. The van der Waals surface area contributed by atoms with Gasteiger partial charge >= 0.3 is 0 Å². The first kappa shape index (κ1) is 21.9. The second kappa shape index (κ2) is 12.9. The lowest BCUT2D eigenvalue weighted by atomic mass is 10.1. The third kappa shape index (κ3) is 8.55. The van der Waals surface area contributed by atoms with Crippen LogP contribution in [0.2, 0.25) is 0 Å². The Morgan fingerprint density at radius 3 is 2.54 bits per heavy atom. The fraction of sp³-hybridized carbons (Fsp3) is 0.435. The van der Waals surface area contributed by atoms with Gasteiger partial charge in [-0.1, -0.05) is 69.4 Å². The molecule has 1 aromatic heterocycles. The van der Waals surface area contributed by atoms with Crippen molar-refractivity contribution in [2.45, 2.75) is 58.5 Å². The Labute approximate surface area is 168 Å². The first-order valence-corrected chi connectivity index (χ1v) is 10.2. The minimum atomic E-state index is -0.577. The van der Waals surface area contributed by atoms with Crippen LogP contribution in [-0.2, 0) is 17.9 Å². The Morgan fingerprint density at radius 1 is 1.04 bits per heavy atom. The predicted octanol–water partition coefficient (Wildman–Crippen LogP) is 5.16. The lowest BCUT2D eigenvalue weighted by Gasteiger charge is -2.21. The molecule has 0 atom stereocenters. The minimum absolute atomic E-state index is 0.577. The van der Waals surface area contributed by atoms with Crippen molar-refractivity contribution in [1.29, 1.82) is 0 Å². The zero-order chi connectivity index (χ0) is 20.0. The molecule has 0 aliphatic heterocycles. The first-order valence-electron chi connectivity index (χ1n) is 10.2. The molecule has 152 valence electrons. The van der Waals surface area contributed by atoms with Crippen molar-refractivity contribution in [2.24, 2.45) is 0 Å². The van der Waals surface area contributed by atoms with E-state index in [1.165, 1.54) is 50.2 Å². The number of furan rings is 1. The molecule has 0 spiro atoms. The summed E-state index contributed by atoms with van der Waals surface area (Å²) in [6.07, 6.45) is 10.4. The molecule has 1 heterocycles. The highest BCUT2D eigenvalue weighted by molar-refractivity contribution is 5.90. The first-order chi connectivity index (χ1) is 13.7. The average molecular weight is 385 g/mol. The Kier molecular flexibility index (Phi) is 10.1. The molecule has 2 aromatic rings. The Bertz CT molecular complexity index is 710. The number of unbranched alkanes of at least 4 members (excludes halogenated alkanes) is 5. The molecule has 2 rings (SSSR count). The topological polar surface area (TPSA) is 65.7 Å². The van der Waals surface area contributed by atoms with Gasteiger partial charge in [-0.15, -0.1) is 0 Å². The maximum Gasteiger partial charge on any atom is 0.267 e. The van der Waals surface area contributed by atoms with E-state index in [9.17, 15) is 4.79 Å². The van der Waals surface area contributed by atoms with E-state index in [-0.39, 0.29) is 0 Å². The summed E-state index contributed by atoms with van der Waals surface area (Å²) in [5.41, 5.74) is 2.86. The molecular formula is C23H32N2O3. The van der Waals surface area contributed by atoms with E-state index in [0.29, 0.717) is 5.76 Å². The fourth-order valence-corrected chi connectivity index (χ4v) is 3.16. The van der Waals surface area contributed by atoms with Crippen molar-refractivity contribution >= 4 is 12.0 Å². The molecule has 1 amide bonds. The number of benzene rings is 1. The van der Waals surface area contributed by atoms with E-state index in [1.807, 2.05) is 18.2 Å². The number of hydroxylamine groups is 1. The monoisotopic (exact) mass is 384 g/mol. The summed E-state index contributed by atoms with van der Waals surface area (Å²) >= 11 is 0. The normalized spacial score (nSPS) is 11.4. The van der Waals surface area contributed by atoms with Gasteiger partial charge < -0.3 is 4.42 Å². The molecule has 2 N–H and O–H groups in total.